The number of hydrogen-bond acceptors (Lipinski definition) is 0. The van der Waals surface area contributed by atoms with Gasteiger partial charge < -0.3 is 4.57 Å². The van der Waals surface area contributed by atoms with Gasteiger partial charge in [-0.15, -0.1) is 0 Å². The van der Waals surface area contributed by atoms with E-state index in [1.54, 1.807) is 0 Å². The van der Waals surface area contributed by atoms with Crippen LogP contribution in [0.2, 0.25) is 0 Å². The smallest absolute Gasteiger partial charge is 0.244 e. The van der Waals surface area contributed by atoms with Crippen molar-refractivity contribution in [3.63, 3.8) is 0 Å². The van der Waals surface area contributed by atoms with Gasteiger partial charge in [0.15, 0.2) is 0 Å². The van der Waals surface area contributed by atoms with Crippen molar-refractivity contribution >= 4 is 55.7 Å². The van der Waals surface area contributed by atoms with Crippen LogP contribution in [-0.4, -0.2) is 11.3 Å². The molecule has 0 N–H and O–H groups in total. The molecule has 308 valence electrons. The third-order valence-corrected chi connectivity index (χ3v) is 15.8. The van der Waals surface area contributed by atoms with Crippen LogP contribution in [0.5, 0.6) is 0 Å². The Kier molecular flexibility index (Phi) is 8.08. The van der Waals surface area contributed by atoms with Crippen molar-refractivity contribution in [2.45, 2.75) is 97.8 Å². The Morgan fingerprint density at radius 3 is 1.68 bits per heavy atom. The molecule has 2 aliphatic carbocycles. The summed E-state index contributed by atoms with van der Waals surface area (Å²) >= 11 is 0. The average Bonchev–Trinajstić information content (AvgIpc) is 3.93. The molecule has 1 nitrogen and oxygen atoms in total. The van der Waals surface area contributed by atoms with E-state index < -0.39 is 0 Å². The van der Waals surface area contributed by atoms with Gasteiger partial charge in [0, 0.05) is 27.0 Å². The summed E-state index contributed by atoms with van der Waals surface area (Å²) in [6, 6.07) is 54.5. The average molecular weight is 814 g/mol. The molecule has 1 aliphatic heterocycles. The first-order valence-corrected chi connectivity index (χ1v) is 23.5. The van der Waals surface area contributed by atoms with Gasteiger partial charge in [-0.1, -0.05) is 207 Å². The third kappa shape index (κ3) is 5.07. The maximum Gasteiger partial charge on any atom is 0.244 e. The molecule has 9 aromatic rings. The topological polar surface area (TPSA) is 4.93 Å². The maximum absolute atomic E-state index is 2.66. The van der Waals surface area contributed by atoms with Crippen LogP contribution in [-0.2, 0) is 10.8 Å². The van der Waals surface area contributed by atoms with Crippen molar-refractivity contribution in [1.29, 1.82) is 0 Å². The molecule has 8 aromatic carbocycles. The second kappa shape index (κ2) is 13.2. The highest BCUT2D eigenvalue weighted by atomic mass is 15.0. The summed E-state index contributed by atoms with van der Waals surface area (Å²) in [4.78, 5) is 0. The highest BCUT2D eigenvalue weighted by molar-refractivity contribution is 7.01. The zero-order valence-electron chi connectivity index (χ0n) is 38.5. The van der Waals surface area contributed by atoms with Crippen LogP contribution >= 0.6 is 0 Å². The van der Waals surface area contributed by atoms with Crippen molar-refractivity contribution in [2.75, 3.05) is 0 Å². The Morgan fingerprint density at radius 1 is 0.429 bits per heavy atom. The van der Waals surface area contributed by atoms with E-state index >= 15 is 0 Å². The van der Waals surface area contributed by atoms with E-state index in [0.29, 0.717) is 17.8 Å². The highest BCUT2D eigenvalue weighted by Crippen LogP contribution is 2.54. The predicted octanol–water partition coefficient (Wildman–Crippen LogP) is 14.4. The Balaban J connectivity index is 1.25. The number of benzene rings is 8. The Hall–Kier alpha value is -6.12. The van der Waals surface area contributed by atoms with Crippen LogP contribution in [0.4, 0.5) is 0 Å². The lowest BCUT2D eigenvalue weighted by molar-refractivity contribution is 0.661. The molecule has 0 saturated carbocycles. The van der Waals surface area contributed by atoms with Gasteiger partial charge >= 0.3 is 0 Å². The van der Waals surface area contributed by atoms with Gasteiger partial charge in [-0.3, -0.25) is 0 Å². The standard InChI is InChI=1S/C61H56BN/c1-34(2)37-29-45(35(3)4)58(46(30-37)36(5)6)62-53-33-52-47(39-20-14-16-24-50(39)60(52,7)8)31-48(53)49-32-55(40-21-11-12-23-43(40)57(49)62)63-54-26-18-15-22-41(54)44-28-27-42-38-19-13-17-25-51(38)61(9,10)56(42)59(44)63/h11-36H,1-10H3. The lowest BCUT2D eigenvalue weighted by Crippen LogP contribution is -2.52. The number of nitrogens with zero attached hydrogens (tertiary/aromatic N) is 1. The molecule has 0 fully saturated rings. The number of rotatable bonds is 5. The van der Waals surface area contributed by atoms with Crippen LogP contribution in [0.3, 0.4) is 0 Å². The van der Waals surface area contributed by atoms with Gasteiger partial charge in [0.25, 0.3) is 0 Å². The van der Waals surface area contributed by atoms with Gasteiger partial charge in [-0.2, -0.15) is 0 Å². The zero-order chi connectivity index (χ0) is 43.4. The zero-order valence-corrected chi connectivity index (χ0v) is 38.5. The number of para-hydroxylation sites is 1. The summed E-state index contributed by atoms with van der Waals surface area (Å²) in [7, 11) is 0. The fraction of sp³-hybridized carbons (Fsp3) is 0.246. The van der Waals surface area contributed by atoms with Crippen LogP contribution < -0.4 is 16.4 Å². The van der Waals surface area contributed by atoms with E-state index in [4.69, 9.17) is 0 Å². The van der Waals surface area contributed by atoms with E-state index in [-0.39, 0.29) is 17.5 Å². The summed E-state index contributed by atoms with van der Waals surface area (Å²) in [6.45, 7) is 24.2. The van der Waals surface area contributed by atoms with E-state index in [9.17, 15) is 0 Å². The van der Waals surface area contributed by atoms with Crippen molar-refractivity contribution in [3.05, 3.63) is 178 Å². The summed E-state index contributed by atoms with van der Waals surface area (Å²) in [5.74, 6) is 1.20. The molecular formula is C61H56BN. The molecular weight excluding hydrogens is 757 g/mol. The van der Waals surface area contributed by atoms with E-state index in [1.165, 1.54) is 127 Å². The first kappa shape index (κ1) is 38.6. The largest absolute Gasteiger partial charge is 0.308 e. The van der Waals surface area contributed by atoms with E-state index in [2.05, 4.69) is 213 Å². The number of aromatic nitrogens is 1. The normalized spacial score (nSPS) is 15.2. The van der Waals surface area contributed by atoms with Crippen molar-refractivity contribution in [3.8, 4) is 39.1 Å². The molecule has 63 heavy (non-hydrogen) atoms. The van der Waals surface area contributed by atoms with Gasteiger partial charge in [0.2, 0.25) is 6.71 Å². The number of fused-ring (bicyclic) bond motifs is 15. The predicted molar refractivity (Wildman–Crippen MR) is 272 cm³/mol. The van der Waals surface area contributed by atoms with Crippen molar-refractivity contribution < 1.29 is 0 Å². The summed E-state index contributed by atoms with van der Waals surface area (Å²) in [5, 5.41) is 5.27. The SMILES string of the molecule is CC(C)c1cc(C(C)C)c(B2c3cc4c(cc3-c3cc(-n5c6ccccc6c6ccc7c(c65)C(C)(C)c5ccccc5-7)c5ccccc5c32)-c2ccccc2C4(C)C)c(C(C)C)c1. The summed E-state index contributed by atoms with van der Waals surface area (Å²) < 4.78 is 2.66. The molecule has 12 rings (SSSR count). The quantitative estimate of drug-likeness (QED) is 0.153. The fourth-order valence-electron chi connectivity index (χ4n) is 12.7. The monoisotopic (exact) mass is 813 g/mol. The fourth-order valence-corrected chi connectivity index (χ4v) is 12.7. The minimum atomic E-state index is -0.175. The van der Waals surface area contributed by atoms with Crippen LogP contribution in [0.15, 0.2) is 140 Å². The molecule has 0 saturated heterocycles. The molecule has 2 heterocycles. The Labute approximate surface area is 373 Å². The third-order valence-electron chi connectivity index (χ3n) is 15.8. The van der Waals surface area contributed by atoms with E-state index in [0.717, 1.165) is 0 Å². The molecule has 1 aromatic heterocycles. The molecule has 0 spiro atoms. The lowest BCUT2D eigenvalue weighted by Gasteiger charge is -2.28. The first-order chi connectivity index (χ1) is 30.3. The molecule has 2 heteroatoms. The molecule has 0 radical (unpaired) electrons. The Bertz CT molecular complexity index is 3410. The van der Waals surface area contributed by atoms with Gasteiger partial charge in [-0.05, 0) is 114 Å². The van der Waals surface area contributed by atoms with Crippen LogP contribution in [0.25, 0.3) is 71.6 Å². The van der Waals surface area contributed by atoms with Crippen molar-refractivity contribution in [1.82, 2.24) is 4.57 Å². The molecule has 0 amide bonds. The molecule has 0 unspecified atom stereocenters. The maximum atomic E-state index is 2.66. The van der Waals surface area contributed by atoms with Gasteiger partial charge in [0.05, 0.1) is 16.7 Å². The molecule has 0 atom stereocenters. The van der Waals surface area contributed by atoms with Crippen LogP contribution in [0, 0.1) is 0 Å². The van der Waals surface area contributed by atoms with Crippen molar-refractivity contribution in [2.24, 2.45) is 0 Å². The minimum absolute atomic E-state index is 0.0885. The second-order valence-electron chi connectivity index (χ2n) is 21.0. The lowest BCUT2D eigenvalue weighted by atomic mass is 9.36. The Morgan fingerprint density at radius 2 is 1.02 bits per heavy atom. The number of hydrogen-bond donors (Lipinski definition) is 0. The van der Waals surface area contributed by atoms with Crippen LogP contribution in [0.1, 0.15) is 126 Å². The highest BCUT2D eigenvalue weighted by Gasteiger charge is 2.44. The molecule has 0 bridgehead atoms. The second-order valence-corrected chi connectivity index (χ2v) is 21.0. The van der Waals surface area contributed by atoms with Gasteiger partial charge in [0.1, 0.15) is 0 Å². The molecule has 3 aliphatic rings. The van der Waals surface area contributed by atoms with Gasteiger partial charge in [-0.25, -0.2) is 0 Å². The van der Waals surface area contributed by atoms with E-state index in [1.807, 2.05) is 0 Å². The summed E-state index contributed by atoms with van der Waals surface area (Å²) in [6.07, 6.45) is 0. The first-order valence-electron chi connectivity index (χ1n) is 23.5. The minimum Gasteiger partial charge on any atom is -0.308 e. The summed E-state index contributed by atoms with van der Waals surface area (Å²) in [5.41, 5.74) is 26.3.